The minimum atomic E-state index is 0.756. The third-order valence-electron chi connectivity index (χ3n) is 4.65. The number of hydrogen-bond acceptors (Lipinski definition) is 1. The van der Waals surface area contributed by atoms with Crippen LogP contribution in [0.25, 0.3) is 0 Å². The zero-order valence-electron chi connectivity index (χ0n) is 6.86. The van der Waals surface area contributed by atoms with E-state index in [1.165, 1.54) is 12.8 Å². The van der Waals surface area contributed by atoms with E-state index in [2.05, 4.69) is 6.92 Å². The van der Waals surface area contributed by atoms with Gasteiger partial charge < -0.3 is 4.74 Å². The van der Waals surface area contributed by atoms with E-state index in [-0.39, 0.29) is 0 Å². The van der Waals surface area contributed by atoms with Crippen molar-refractivity contribution < 1.29 is 4.74 Å². The minimum Gasteiger partial charge on any atom is -0.369 e. The van der Waals surface area contributed by atoms with Gasteiger partial charge in [-0.3, -0.25) is 0 Å². The van der Waals surface area contributed by atoms with Gasteiger partial charge in [-0.15, -0.1) is 0 Å². The first-order valence-corrected chi connectivity index (χ1v) is 5.02. The van der Waals surface area contributed by atoms with Crippen LogP contribution in [-0.2, 0) is 4.74 Å². The summed E-state index contributed by atoms with van der Waals surface area (Å²) in [6, 6.07) is 0. The fourth-order valence-electron chi connectivity index (χ4n) is 4.22. The van der Waals surface area contributed by atoms with Gasteiger partial charge in [-0.05, 0) is 42.4 Å². The molecule has 0 amide bonds. The molecule has 3 saturated carbocycles. The molecular formula is C10H14O. The lowest BCUT2D eigenvalue weighted by Crippen LogP contribution is -2.57. The average molecular weight is 150 g/mol. The van der Waals surface area contributed by atoms with Gasteiger partial charge in [0.1, 0.15) is 0 Å². The van der Waals surface area contributed by atoms with E-state index in [0.29, 0.717) is 0 Å². The zero-order chi connectivity index (χ0) is 7.16. The molecule has 0 bridgehead atoms. The maximum absolute atomic E-state index is 5.59. The van der Waals surface area contributed by atoms with Gasteiger partial charge in [-0.25, -0.2) is 0 Å². The van der Waals surface area contributed by atoms with Crippen LogP contribution in [0.1, 0.15) is 19.8 Å². The molecule has 0 aromatic rings. The fraction of sp³-hybridized carbons (Fsp3) is 1.00. The Balaban J connectivity index is 1.66. The van der Waals surface area contributed by atoms with Gasteiger partial charge in [-0.1, -0.05) is 6.92 Å². The predicted molar refractivity (Wildman–Crippen MR) is 41.0 cm³/mol. The fourth-order valence-corrected chi connectivity index (χ4v) is 4.22. The van der Waals surface area contributed by atoms with Gasteiger partial charge in [0.15, 0.2) is 0 Å². The van der Waals surface area contributed by atoms with Crippen molar-refractivity contribution in [3.63, 3.8) is 0 Å². The van der Waals surface area contributed by atoms with E-state index in [1.54, 1.807) is 0 Å². The molecule has 4 rings (SSSR count). The molecule has 4 fully saturated rings. The van der Waals surface area contributed by atoms with E-state index < -0.39 is 0 Å². The summed E-state index contributed by atoms with van der Waals surface area (Å²) in [5.74, 6) is 5.29. The lowest BCUT2D eigenvalue weighted by Gasteiger charge is -2.53. The topological polar surface area (TPSA) is 12.5 Å². The number of ether oxygens (including phenoxy) is 1. The maximum atomic E-state index is 5.59. The van der Waals surface area contributed by atoms with Gasteiger partial charge in [0.25, 0.3) is 0 Å². The highest BCUT2D eigenvalue weighted by atomic mass is 16.6. The monoisotopic (exact) mass is 150 g/mol. The highest BCUT2D eigenvalue weighted by molar-refractivity contribution is 5.23. The Morgan fingerprint density at radius 1 is 1.00 bits per heavy atom. The molecule has 1 saturated heterocycles. The summed E-state index contributed by atoms with van der Waals surface area (Å²) in [4.78, 5) is 0. The number of rotatable bonds is 0. The van der Waals surface area contributed by atoms with Crippen LogP contribution >= 0.6 is 0 Å². The minimum absolute atomic E-state index is 0.756. The van der Waals surface area contributed by atoms with Crippen LogP contribution in [0.4, 0.5) is 0 Å². The van der Waals surface area contributed by atoms with Crippen molar-refractivity contribution in [3.05, 3.63) is 0 Å². The molecule has 0 radical (unpaired) electrons. The standard InChI is InChI=1S/C10H14O/c1-4-2-5-6(3-4)8-7(5)9-10(8)11-9/h4-10H,2-3H2,1H3. The van der Waals surface area contributed by atoms with Crippen LogP contribution in [-0.4, -0.2) is 12.2 Å². The molecule has 6 unspecified atom stereocenters. The van der Waals surface area contributed by atoms with Crippen molar-refractivity contribution in [2.45, 2.75) is 32.0 Å². The second-order valence-electron chi connectivity index (χ2n) is 5.12. The Kier molecular flexibility index (Phi) is 0.706. The maximum Gasteiger partial charge on any atom is 0.0879 e. The van der Waals surface area contributed by atoms with Gasteiger partial charge in [0.2, 0.25) is 0 Å². The normalized spacial score (nSPS) is 75.5. The van der Waals surface area contributed by atoms with E-state index in [0.717, 1.165) is 41.8 Å². The molecule has 1 heteroatoms. The lowest BCUT2D eigenvalue weighted by atomic mass is 9.48. The second-order valence-corrected chi connectivity index (χ2v) is 5.12. The molecule has 0 aromatic carbocycles. The van der Waals surface area contributed by atoms with Crippen molar-refractivity contribution in [2.75, 3.05) is 0 Å². The summed E-state index contributed by atoms with van der Waals surface area (Å²) in [6.07, 6.45) is 4.54. The van der Waals surface area contributed by atoms with Gasteiger partial charge >= 0.3 is 0 Å². The van der Waals surface area contributed by atoms with E-state index in [4.69, 9.17) is 4.74 Å². The largest absolute Gasteiger partial charge is 0.369 e. The van der Waals surface area contributed by atoms with Crippen molar-refractivity contribution in [1.82, 2.24) is 0 Å². The van der Waals surface area contributed by atoms with Crippen LogP contribution in [0.5, 0.6) is 0 Å². The number of hydrogen-bond donors (Lipinski definition) is 0. The predicted octanol–water partition coefficient (Wildman–Crippen LogP) is 1.68. The summed E-state index contributed by atoms with van der Waals surface area (Å²) >= 11 is 0. The first-order chi connectivity index (χ1) is 5.36. The van der Waals surface area contributed by atoms with Crippen LogP contribution in [0, 0.1) is 29.6 Å². The van der Waals surface area contributed by atoms with E-state index >= 15 is 0 Å². The SMILES string of the molecule is CC1CC2C(C1)C1C3OC3C21. The summed E-state index contributed by atoms with van der Waals surface area (Å²) < 4.78 is 5.59. The highest BCUT2D eigenvalue weighted by Gasteiger charge is 2.76. The highest BCUT2D eigenvalue weighted by Crippen LogP contribution is 2.72. The van der Waals surface area contributed by atoms with Crippen LogP contribution in [0.15, 0.2) is 0 Å². The van der Waals surface area contributed by atoms with Crippen LogP contribution < -0.4 is 0 Å². The van der Waals surface area contributed by atoms with Crippen LogP contribution in [0.3, 0.4) is 0 Å². The first kappa shape index (κ1) is 5.58. The van der Waals surface area contributed by atoms with Crippen molar-refractivity contribution in [1.29, 1.82) is 0 Å². The van der Waals surface area contributed by atoms with Crippen molar-refractivity contribution >= 4 is 0 Å². The quantitative estimate of drug-likeness (QED) is 0.479. The molecule has 11 heavy (non-hydrogen) atoms. The summed E-state index contributed by atoms with van der Waals surface area (Å²) in [7, 11) is 0. The Labute approximate surface area is 67.1 Å². The van der Waals surface area contributed by atoms with Gasteiger partial charge in [0.05, 0.1) is 12.2 Å². The average Bonchev–Trinajstić information content (AvgIpc) is 2.47. The molecule has 4 aliphatic rings. The first-order valence-electron chi connectivity index (χ1n) is 5.02. The third-order valence-corrected chi connectivity index (χ3v) is 4.65. The Morgan fingerprint density at radius 2 is 1.55 bits per heavy atom. The zero-order valence-corrected chi connectivity index (χ0v) is 6.86. The molecular weight excluding hydrogens is 136 g/mol. The Morgan fingerprint density at radius 3 is 2.09 bits per heavy atom. The smallest absolute Gasteiger partial charge is 0.0879 e. The molecule has 0 spiro atoms. The summed E-state index contributed by atoms with van der Waals surface area (Å²) in [5.41, 5.74) is 0. The number of epoxide rings is 1. The Hall–Kier alpha value is -0.0400. The molecule has 1 aliphatic heterocycles. The molecule has 1 heterocycles. The molecule has 6 atom stereocenters. The molecule has 3 aliphatic carbocycles. The van der Waals surface area contributed by atoms with Crippen molar-refractivity contribution in [3.8, 4) is 0 Å². The molecule has 60 valence electrons. The second kappa shape index (κ2) is 1.39. The van der Waals surface area contributed by atoms with E-state index in [1.807, 2.05) is 0 Å². The van der Waals surface area contributed by atoms with Crippen LogP contribution in [0.2, 0.25) is 0 Å². The van der Waals surface area contributed by atoms with E-state index in [9.17, 15) is 0 Å². The summed E-state index contributed by atoms with van der Waals surface area (Å²) in [5, 5.41) is 0. The van der Waals surface area contributed by atoms with Crippen molar-refractivity contribution in [2.24, 2.45) is 29.6 Å². The Bertz CT molecular complexity index is 203. The summed E-state index contributed by atoms with van der Waals surface area (Å²) in [6.45, 7) is 2.42. The van der Waals surface area contributed by atoms with Gasteiger partial charge in [-0.2, -0.15) is 0 Å². The van der Waals surface area contributed by atoms with Gasteiger partial charge in [0, 0.05) is 0 Å². The number of fused-ring (bicyclic) bond motifs is 7. The lowest BCUT2D eigenvalue weighted by molar-refractivity contribution is -0.0462. The molecule has 1 nitrogen and oxygen atoms in total. The molecule has 0 aromatic heterocycles. The third kappa shape index (κ3) is 0.438. The molecule has 0 N–H and O–H groups in total.